The Labute approximate surface area is 163 Å². The van der Waals surface area contributed by atoms with Crippen molar-refractivity contribution in [2.45, 2.75) is 25.9 Å². The van der Waals surface area contributed by atoms with Crippen LogP contribution in [0.1, 0.15) is 56.4 Å². The van der Waals surface area contributed by atoms with Gasteiger partial charge in [-0.05, 0) is 37.1 Å². The van der Waals surface area contributed by atoms with Crippen LogP contribution in [0.2, 0.25) is 0 Å². The van der Waals surface area contributed by atoms with Crippen molar-refractivity contribution < 1.29 is 9.59 Å². The standard InChI is InChI=1S/C22H22N2O2S/c1-15(17-9-5-3-6-10-17)23-21(25)19-13-14-20(27-19)22(26)24-16(2)18-11-7-4-8-12-18/h3-16H,1-2H3,(H,23,25)(H,24,26)/t15-,16-/m0/s1. The molecule has 0 aliphatic carbocycles. The van der Waals surface area contributed by atoms with Crippen molar-refractivity contribution in [3.63, 3.8) is 0 Å². The number of amides is 2. The molecule has 138 valence electrons. The fraction of sp³-hybridized carbons (Fsp3) is 0.182. The van der Waals surface area contributed by atoms with Gasteiger partial charge in [-0.1, -0.05) is 60.7 Å². The number of benzene rings is 2. The number of carbonyl (C=O) groups is 2. The van der Waals surface area contributed by atoms with Crippen LogP contribution in [0.5, 0.6) is 0 Å². The summed E-state index contributed by atoms with van der Waals surface area (Å²) in [5.41, 5.74) is 2.08. The molecule has 2 N–H and O–H groups in total. The van der Waals surface area contributed by atoms with Crippen LogP contribution in [0.15, 0.2) is 72.8 Å². The van der Waals surface area contributed by atoms with Crippen molar-refractivity contribution >= 4 is 23.2 Å². The lowest BCUT2D eigenvalue weighted by molar-refractivity contribution is 0.0937. The smallest absolute Gasteiger partial charge is 0.261 e. The summed E-state index contributed by atoms with van der Waals surface area (Å²) in [6, 6.07) is 22.8. The lowest BCUT2D eigenvalue weighted by Gasteiger charge is -2.14. The molecule has 3 aromatic rings. The van der Waals surface area contributed by atoms with Crippen molar-refractivity contribution in [3.05, 3.63) is 93.7 Å². The zero-order valence-corrected chi connectivity index (χ0v) is 16.1. The van der Waals surface area contributed by atoms with Gasteiger partial charge < -0.3 is 10.6 Å². The van der Waals surface area contributed by atoms with Crippen LogP contribution < -0.4 is 10.6 Å². The zero-order valence-electron chi connectivity index (χ0n) is 15.3. The zero-order chi connectivity index (χ0) is 19.2. The number of carbonyl (C=O) groups excluding carboxylic acids is 2. The van der Waals surface area contributed by atoms with Crippen molar-refractivity contribution in [1.82, 2.24) is 10.6 Å². The molecular formula is C22H22N2O2S. The van der Waals surface area contributed by atoms with E-state index in [-0.39, 0.29) is 23.9 Å². The van der Waals surface area contributed by atoms with E-state index in [1.165, 1.54) is 11.3 Å². The molecule has 0 saturated carbocycles. The first-order valence-electron chi connectivity index (χ1n) is 8.86. The van der Waals surface area contributed by atoms with E-state index in [4.69, 9.17) is 0 Å². The molecule has 5 heteroatoms. The molecule has 4 nitrogen and oxygen atoms in total. The number of hydrogen-bond acceptors (Lipinski definition) is 3. The second kappa shape index (κ2) is 8.64. The van der Waals surface area contributed by atoms with Crippen molar-refractivity contribution in [2.24, 2.45) is 0 Å². The third-order valence-electron chi connectivity index (χ3n) is 4.35. The van der Waals surface area contributed by atoms with Crippen molar-refractivity contribution in [3.8, 4) is 0 Å². The molecule has 3 rings (SSSR count). The second-order valence-electron chi connectivity index (χ2n) is 6.38. The summed E-state index contributed by atoms with van der Waals surface area (Å²) in [4.78, 5) is 26.0. The van der Waals surface area contributed by atoms with Gasteiger partial charge in [-0.3, -0.25) is 9.59 Å². The minimum Gasteiger partial charge on any atom is -0.345 e. The van der Waals surface area contributed by atoms with E-state index >= 15 is 0 Å². The fourth-order valence-electron chi connectivity index (χ4n) is 2.77. The Hall–Kier alpha value is -2.92. The van der Waals surface area contributed by atoms with Gasteiger partial charge in [0.15, 0.2) is 0 Å². The predicted molar refractivity (Wildman–Crippen MR) is 109 cm³/mol. The molecule has 0 spiro atoms. The van der Waals surface area contributed by atoms with Crippen molar-refractivity contribution in [1.29, 1.82) is 0 Å². The summed E-state index contributed by atoms with van der Waals surface area (Å²) in [5, 5.41) is 5.94. The maximum atomic E-state index is 12.5. The van der Waals surface area contributed by atoms with Gasteiger partial charge in [-0.15, -0.1) is 11.3 Å². The van der Waals surface area contributed by atoms with Gasteiger partial charge in [0.25, 0.3) is 11.8 Å². The molecule has 0 aliphatic rings. The molecule has 2 aromatic carbocycles. The molecular weight excluding hydrogens is 356 g/mol. The summed E-state index contributed by atoms with van der Waals surface area (Å²) in [7, 11) is 0. The van der Waals surface area contributed by atoms with Crippen LogP contribution in [0.4, 0.5) is 0 Å². The third kappa shape index (κ3) is 4.83. The summed E-state index contributed by atoms with van der Waals surface area (Å²) in [5.74, 6) is -0.349. The number of nitrogens with one attached hydrogen (secondary N) is 2. The molecule has 0 saturated heterocycles. The van der Waals surface area contributed by atoms with Gasteiger partial charge in [-0.25, -0.2) is 0 Å². The number of thiophene rings is 1. The largest absolute Gasteiger partial charge is 0.345 e. The SMILES string of the molecule is C[C@H](NC(=O)c1ccc(C(=O)N[C@@H](C)c2ccccc2)s1)c1ccccc1. The summed E-state index contributed by atoms with van der Waals surface area (Å²) >= 11 is 1.20. The number of rotatable bonds is 6. The first-order valence-corrected chi connectivity index (χ1v) is 9.67. The monoisotopic (exact) mass is 378 g/mol. The van der Waals surface area contributed by atoms with Gasteiger partial charge in [0.2, 0.25) is 0 Å². The Morgan fingerprint density at radius 2 is 1.04 bits per heavy atom. The molecule has 0 radical (unpaired) electrons. The predicted octanol–water partition coefficient (Wildman–Crippen LogP) is 4.73. The van der Waals surface area contributed by atoms with Crippen LogP contribution in [0.25, 0.3) is 0 Å². The van der Waals surface area contributed by atoms with E-state index in [1.807, 2.05) is 74.5 Å². The average molecular weight is 378 g/mol. The summed E-state index contributed by atoms with van der Waals surface area (Å²) < 4.78 is 0. The van der Waals surface area contributed by atoms with Crippen LogP contribution in [0, 0.1) is 0 Å². The van der Waals surface area contributed by atoms with Crippen LogP contribution in [-0.4, -0.2) is 11.8 Å². The Bertz CT molecular complexity index is 832. The Kier molecular flexibility index (Phi) is 6.04. The summed E-state index contributed by atoms with van der Waals surface area (Å²) in [6.07, 6.45) is 0. The molecule has 2 atom stereocenters. The Morgan fingerprint density at radius 3 is 1.41 bits per heavy atom. The van der Waals surface area contributed by atoms with Crippen LogP contribution in [0.3, 0.4) is 0 Å². The minimum absolute atomic E-state index is 0.101. The highest BCUT2D eigenvalue weighted by Gasteiger charge is 2.17. The minimum atomic E-state index is -0.175. The average Bonchev–Trinajstić information content (AvgIpc) is 3.20. The van der Waals surface area contributed by atoms with Crippen LogP contribution in [-0.2, 0) is 0 Å². The Morgan fingerprint density at radius 1 is 0.667 bits per heavy atom. The number of hydrogen-bond donors (Lipinski definition) is 2. The van der Waals surface area contributed by atoms with Crippen molar-refractivity contribution in [2.75, 3.05) is 0 Å². The molecule has 0 fully saturated rings. The van der Waals surface area contributed by atoms with Gasteiger partial charge in [0, 0.05) is 0 Å². The highest BCUT2D eigenvalue weighted by Crippen LogP contribution is 2.20. The highest BCUT2D eigenvalue weighted by molar-refractivity contribution is 7.15. The lowest BCUT2D eigenvalue weighted by Crippen LogP contribution is -2.26. The van der Waals surface area contributed by atoms with Crippen LogP contribution >= 0.6 is 11.3 Å². The normalized spacial score (nSPS) is 12.8. The molecule has 1 aromatic heterocycles. The maximum Gasteiger partial charge on any atom is 0.261 e. The van der Waals surface area contributed by atoms with Gasteiger partial charge >= 0.3 is 0 Å². The van der Waals surface area contributed by atoms with E-state index in [1.54, 1.807) is 12.1 Å². The highest BCUT2D eigenvalue weighted by atomic mass is 32.1. The first-order chi connectivity index (χ1) is 13.0. The lowest BCUT2D eigenvalue weighted by atomic mass is 10.1. The quantitative estimate of drug-likeness (QED) is 0.651. The topological polar surface area (TPSA) is 58.2 Å². The maximum absolute atomic E-state index is 12.5. The Balaban J connectivity index is 1.62. The molecule has 2 amide bonds. The molecule has 1 heterocycles. The van der Waals surface area contributed by atoms with E-state index in [9.17, 15) is 9.59 Å². The third-order valence-corrected chi connectivity index (χ3v) is 5.43. The fourth-order valence-corrected chi connectivity index (χ4v) is 3.58. The molecule has 0 aliphatic heterocycles. The van der Waals surface area contributed by atoms with E-state index in [2.05, 4.69) is 10.6 Å². The van der Waals surface area contributed by atoms with E-state index in [0.29, 0.717) is 9.75 Å². The van der Waals surface area contributed by atoms with Gasteiger partial charge in [0.05, 0.1) is 21.8 Å². The van der Waals surface area contributed by atoms with E-state index in [0.717, 1.165) is 11.1 Å². The molecule has 0 unspecified atom stereocenters. The first kappa shape index (κ1) is 18.9. The van der Waals surface area contributed by atoms with Gasteiger partial charge in [0.1, 0.15) is 0 Å². The second-order valence-corrected chi connectivity index (χ2v) is 7.46. The van der Waals surface area contributed by atoms with E-state index < -0.39 is 0 Å². The molecule has 0 bridgehead atoms. The molecule has 27 heavy (non-hydrogen) atoms. The van der Waals surface area contributed by atoms with Gasteiger partial charge in [-0.2, -0.15) is 0 Å². The summed E-state index contributed by atoms with van der Waals surface area (Å²) in [6.45, 7) is 3.88.